The van der Waals surface area contributed by atoms with Gasteiger partial charge in [-0.1, -0.05) is 43.2 Å². The van der Waals surface area contributed by atoms with Crippen molar-refractivity contribution in [2.45, 2.75) is 43.7 Å². The van der Waals surface area contributed by atoms with Crippen molar-refractivity contribution in [2.24, 2.45) is 5.73 Å². The topological polar surface area (TPSA) is 92.4 Å². The molecule has 1 aliphatic carbocycles. The van der Waals surface area contributed by atoms with Crippen LogP contribution in [0.3, 0.4) is 0 Å². The Hall–Kier alpha value is -1.88. The Morgan fingerprint density at radius 1 is 1.25 bits per heavy atom. The lowest BCUT2D eigenvalue weighted by atomic mass is 9.94. The number of hydrogen-bond acceptors (Lipinski definition) is 3. The molecule has 0 saturated heterocycles. The molecule has 2 rings (SSSR count). The summed E-state index contributed by atoms with van der Waals surface area (Å²) in [5.41, 5.74) is 6.23. The first-order valence-corrected chi connectivity index (χ1v) is 6.86. The number of aliphatic carboxylic acids is 1. The molecule has 1 amide bonds. The SMILES string of the molecule is NC1(CC(=O)N[C@@H](C(=O)O)c2ccccc2)CCCC1. The van der Waals surface area contributed by atoms with E-state index in [2.05, 4.69) is 5.32 Å². The van der Waals surface area contributed by atoms with Gasteiger partial charge < -0.3 is 16.2 Å². The van der Waals surface area contributed by atoms with Crippen molar-refractivity contribution in [1.82, 2.24) is 5.32 Å². The second-order valence-corrected chi connectivity index (χ2v) is 5.50. The summed E-state index contributed by atoms with van der Waals surface area (Å²) in [7, 11) is 0. The Morgan fingerprint density at radius 3 is 2.40 bits per heavy atom. The lowest BCUT2D eigenvalue weighted by molar-refractivity contribution is -0.142. The number of carbonyl (C=O) groups excluding carboxylic acids is 1. The van der Waals surface area contributed by atoms with Crippen LogP contribution in [0, 0.1) is 0 Å². The highest BCUT2D eigenvalue weighted by molar-refractivity contribution is 5.85. The molecule has 5 heteroatoms. The van der Waals surface area contributed by atoms with Crippen molar-refractivity contribution in [1.29, 1.82) is 0 Å². The molecule has 0 unspecified atom stereocenters. The molecule has 1 atom stereocenters. The second-order valence-electron chi connectivity index (χ2n) is 5.50. The summed E-state index contributed by atoms with van der Waals surface area (Å²) in [5, 5.41) is 11.8. The van der Waals surface area contributed by atoms with E-state index in [1.165, 1.54) is 0 Å². The van der Waals surface area contributed by atoms with Crippen LogP contribution in [-0.2, 0) is 9.59 Å². The lowest BCUT2D eigenvalue weighted by Gasteiger charge is -2.24. The van der Waals surface area contributed by atoms with Crippen LogP contribution in [0.15, 0.2) is 30.3 Å². The van der Waals surface area contributed by atoms with E-state index < -0.39 is 17.6 Å². The van der Waals surface area contributed by atoms with Crippen molar-refractivity contribution in [2.75, 3.05) is 0 Å². The first-order chi connectivity index (χ1) is 9.50. The van der Waals surface area contributed by atoms with Crippen LogP contribution in [0.4, 0.5) is 0 Å². The molecule has 5 nitrogen and oxygen atoms in total. The molecule has 0 aromatic heterocycles. The Balaban J connectivity index is 2.02. The first-order valence-electron chi connectivity index (χ1n) is 6.86. The number of rotatable bonds is 5. The summed E-state index contributed by atoms with van der Waals surface area (Å²) in [4.78, 5) is 23.3. The van der Waals surface area contributed by atoms with Gasteiger partial charge >= 0.3 is 5.97 Å². The summed E-state index contributed by atoms with van der Waals surface area (Å²) in [6.45, 7) is 0. The highest BCUT2D eigenvalue weighted by Gasteiger charge is 2.33. The molecule has 108 valence electrons. The third kappa shape index (κ3) is 3.57. The van der Waals surface area contributed by atoms with Crippen molar-refractivity contribution >= 4 is 11.9 Å². The van der Waals surface area contributed by atoms with Crippen LogP contribution < -0.4 is 11.1 Å². The summed E-state index contributed by atoms with van der Waals surface area (Å²) in [6, 6.07) is 7.66. The summed E-state index contributed by atoms with van der Waals surface area (Å²) in [5.74, 6) is -1.37. The van der Waals surface area contributed by atoms with Gasteiger partial charge in [0, 0.05) is 12.0 Å². The molecule has 0 spiro atoms. The number of nitrogens with one attached hydrogen (secondary N) is 1. The van der Waals surface area contributed by atoms with Crippen LogP contribution in [0.1, 0.15) is 43.7 Å². The van der Waals surface area contributed by atoms with Gasteiger partial charge in [-0.3, -0.25) is 4.79 Å². The number of amides is 1. The predicted molar refractivity (Wildman–Crippen MR) is 75.0 cm³/mol. The second kappa shape index (κ2) is 6.05. The zero-order chi connectivity index (χ0) is 14.6. The molecule has 0 bridgehead atoms. The van der Waals surface area contributed by atoms with Gasteiger partial charge in [0.15, 0.2) is 6.04 Å². The molecular formula is C15H20N2O3. The molecule has 1 aliphatic rings. The summed E-state index contributed by atoms with van der Waals surface area (Å²) in [6.07, 6.45) is 3.90. The van der Waals surface area contributed by atoms with E-state index in [9.17, 15) is 14.7 Å². The number of carboxylic acid groups (broad SMARTS) is 1. The monoisotopic (exact) mass is 276 g/mol. The molecule has 0 radical (unpaired) electrons. The normalized spacial score (nSPS) is 18.4. The Bertz CT molecular complexity index is 481. The van der Waals surface area contributed by atoms with Crippen LogP contribution in [0.5, 0.6) is 0 Å². The fraction of sp³-hybridized carbons (Fsp3) is 0.467. The third-order valence-corrected chi connectivity index (χ3v) is 3.80. The Morgan fingerprint density at radius 2 is 1.85 bits per heavy atom. The molecule has 20 heavy (non-hydrogen) atoms. The standard InChI is InChI=1S/C15H20N2O3/c16-15(8-4-5-9-15)10-12(18)17-13(14(19)20)11-6-2-1-3-7-11/h1-3,6-7,13H,4-5,8-10,16H2,(H,17,18)(H,19,20)/t13-/m1/s1. The van der Waals surface area contributed by atoms with Crippen LogP contribution >= 0.6 is 0 Å². The fourth-order valence-electron chi connectivity index (χ4n) is 2.72. The van der Waals surface area contributed by atoms with Gasteiger partial charge in [0.05, 0.1) is 0 Å². The van der Waals surface area contributed by atoms with Crippen LogP contribution in [0.25, 0.3) is 0 Å². The number of carboxylic acids is 1. The van der Waals surface area contributed by atoms with Gasteiger partial charge in [0.1, 0.15) is 0 Å². The van der Waals surface area contributed by atoms with Crippen molar-refractivity contribution in [3.05, 3.63) is 35.9 Å². The van der Waals surface area contributed by atoms with E-state index in [0.29, 0.717) is 5.56 Å². The van der Waals surface area contributed by atoms with Gasteiger partial charge in [0.2, 0.25) is 5.91 Å². The molecule has 1 fully saturated rings. The van der Waals surface area contributed by atoms with E-state index in [1.54, 1.807) is 30.3 Å². The minimum absolute atomic E-state index is 0.184. The van der Waals surface area contributed by atoms with E-state index >= 15 is 0 Å². The van der Waals surface area contributed by atoms with Crippen LogP contribution in [0.2, 0.25) is 0 Å². The Labute approximate surface area is 118 Å². The number of carbonyl (C=O) groups is 2. The fourth-order valence-corrected chi connectivity index (χ4v) is 2.72. The number of nitrogens with two attached hydrogens (primary N) is 1. The van der Waals surface area contributed by atoms with E-state index in [1.807, 2.05) is 0 Å². The van der Waals surface area contributed by atoms with Crippen molar-refractivity contribution in [3.63, 3.8) is 0 Å². The summed E-state index contributed by atoms with van der Waals surface area (Å²) >= 11 is 0. The smallest absolute Gasteiger partial charge is 0.330 e. The number of benzene rings is 1. The molecule has 1 saturated carbocycles. The maximum absolute atomic E-state index is 12.0. The van der Waals surface area contributed by atoms with E-state index in [4.69, 9.17) is 5.73 Å². The highest BCUT2D eigenvalue weighted by atomic mass is 16.4. The van der Waals surface area contributed by atoms with Gasteiger partial charge in [-0.2, -0.15) is 0 Å². The summed E-state index contributed by atoms with van der Waals surface area (Å²) < 4.78 is 0. The molecule has 1 aromatic carbocycles. The van der Waals surface area contributed by atoms with Gasteiger partial charge in [-0.05, 0) is 18.4 Å². The zero-order valence-electron chi connectivity index (χ0n) is 11.3. The molecule has 4 N–H and O–H groups in total. The largest absolute Gasteiger partial charge is 0.479 e. The molecule has 0 heterocycles. The van der Waals surface area contributed by atoms with Crippen molar-refractivity contribution in [3.8, 4) is 0 Å². The van der Waals surface area contributed by atoms with Gasteiger partial charge in [-0.25, -0.2) is 4.79 Å². The predicted octanol–water partition coefficient (Wildman–Crippen LogP) is 1.59. The Kier molecular flexibility index (Phi) is 4.39. The first kappa shape index (κ1) is 14.5. The quantitative estimate of drug-likeness (QED) is 0.761. The third-order valence-electron chi connectivity index (χ3n) is 3.80. The molecule has 1 aromatic rings. The van der Waals surface area contributed by atoms with Gasteiger partial charge in [0.25, 0.3) is 0 Å². The average molecular weight is 276 g/mol. The number of hydrogen-bond donors (Lipinski definition) is 3. The molecular weight excluding hydrogens is 256 g/mol. The molecule has 0 aliphatic heterocycles. The van der Waals surface area contributed by atoms with E-state index in [-0.39, 0.29) is 12.3 Å². The van der Waals surface area contributed by atoms with Crippen LogP contribution in [-0.4, -0.2) is 22.5 Å². The average Bonchev–Trinajstić information content (AvgIpc) is 2.83. The maximum Gasteiger partial charge on any atom is 0.330 e. The van der Waals surface area contributed by atoms with Gasteiger partial charge in [-0.15, -0.1) is 0 Å². The van der Waals surface area contributed by atoms with Crippen molar-refractivity contribution < 1.29 is 14.7 Å². The minimum atomic E-state index is -1.07. The minimum Gasteiger partial charge on any atom is -0.479 e. The zero-order valence-corrected chi connectivity index (χ0v) is 11.3. The highest BCUT2D eigenvalue weighted by Crippen LogP contribution is 2.30. The maximum atomic E-state index is 12.0. The van der Waals surface area contributed by atoms with E-state index in [0.717, 1.165) is 25.7 Å². The lowest BCUT2D eigenvalue weighted by Crippen LogP contribution is -2.44.